The van der Waals surface area contributed by atoms with Gasteiger partial charge in [0.25, 0.3) is 0 Å². The molecule has 1 N–H and O–H groups in total. The normalized spacial score (nSPS) is 39.4. The van der Waals surface area contributed by atoms with Gasteiger partial charge in [-0.25, -0.2) is 4.79 Å². The van der Waals surface area contributed by atoms with Gasteiger partial charge >= 0.3 is 27.5 Å². The molecule has 0 heterocycles. The molecule has 4 fully saturated rings. The summed E-state index contributed by atoms with van der Waals surface area (Å²) in [6, 6.07) is 0. The monoisotopic (exact) mass is 484 g/mol. The van der Waals surface area contributed by atoms with Crippen molar-refractivity contribution in [2.24, 2.45) is 40.9 Å². The lowest BCUT2D eigenvalue weighted by atomic mass is 9.58. The molecule has 4 aliphatic carbocycles. The summed E-state index contributed by atoms with van der Waals surface area (Å²) in [5.41, 5.74) is -2.49. The SMILES string of the molecule is CC1CC2CC(COC(=O)C(OC(=O)CC34CCCC(CC(C)C3)C4)S(=O)(=O)O)CC(C1)C2. The highest BCUT2D eigenvalue weighted by molar-refractivity contribution is 7.87. The Morgan fingerprint density at radius 1 is 0.970 bits per heavy atom. The van der Waals surface area contributed by atoms with Gasteiger partial charge in [-0.2, -0.15) is 8.42 Å². The summed E-state index contributed by atoms with van der Waals surface area (Å²) in [5.74, 6) is 1.34. The molecule has 0 amide bonds. The minimum absolute atomic E-state index is 0.0807. The van der Waals surface area contributed by atoms with Crippen molar-refractivity contribution in [3.63, 3.8) is 0 Å². The third-order valence-corrected chi connectivity index (χ3v) is 9.54. The van der Waals surface area contributed by atoms with Gasteiger partial charge in [-0.1, -0.05) is 26.7 Å². The van der Waals surface area contributed by atoms with Crippen molar-refractivity contribution >= 4 is 22.1 Å². The van der Waals surface area contributed by atoms with Gasteiger partial charge in [0.2, 0.25) is 0 Å². The van der Waals surface area contributed by atoms with Crippen LogP contribution in [0.2, 0.25) is 0 Å². The molecule has 0 aromatic rings. The second-order valence-corrected chi connectivity index (χ2v) is 13.5. The van der Waals surface area contributed by atoms with E-state index >= 15 is 0 Å². The van der Waals surface area contributed by atoms with Crippen molar-refractivity contribution in [2.75, 3.05) is 6.61 Å². The average Bonchev–Trinajstić information content (AvgIpc) is 2.67. The molecular weight excluding hydrogens is 444 g/mol. The van der Waals surface area contributed by atoms with Crippen molar-refractivity contribution in [3.8, 4) is 0 Å². The molecule has 8 heteroatoms. The van der Waals surface area contributed by atoms with Crippen LogP contribution >= 0.6 is 0 Å². The molecule has 0 aromatic heterocycles. The fraction of sp³-hybridized carbons (Fsp3) is 0.920. The largest absolute Gasteiger partial charge is 0.462 e. The van der Waals surface area contributed by atoms with Gasteiger partial charge in [-0.3, -0.25) is 9.35 Å². The number of carbonyl (C=O) groups excluding carboxylic acids is 2. The number of ether oxygens (including phenoxy) is 2. The number of hydrogen-bond acceptors (Lipinski definition) is 6. The standard InChI is InChI=1S/C25H40O7S/c1-16-6-19-9-20(7-16)11-21(10-19)15-31-23(27)24(33(28,29)30)32-22(26)14-25-5-3-4-18(13-25)8-17(2)12-25/h16-21,24H,3-15H2,1-2H3,(H,28,29,30). The highest BCUT2D eigenvalue weighted by atomic mass is 32.2. The van der Waals surface area contributed by atoms with E-state index in [-0.39, 0.29) is 24.4 Å². The summed E-state index contributed by atoms with van der Waals surface area (Å²) in [6.07, 6.45) is 11.8. The van der Waals surface area contributed by atoms with E-state index in [0.29, 0.717) is 23.7 Å². The zero-order valence-electron chi connectivity index (χ0n) is 20.0. The van der Waals surface area contributed by atoms with Gasteiger partial charge in [-0.15, -0.1) is 0 Å². The number of rotatable bonds is 7. The molecule has 4 bridgehead atoms. The third kappa shape index (κ3) is 6.30. The van der Waals surface area contributed by atoms with Crippen LogP contribution in [-0.4, -0.2) is 37.0 Å². The summed E-state index contributed by atoms with van der Waals surface area (Å²) in [4.78, 5) is 25.3. The molecule has 0 aliphatic heterocycles. The van der Waals surface area contributed by atoms with Crippen LogP contribution in [0.3, 0.4) is 0 Å². The highest BCUT2D eigenvalue weighted by Gasteiger charge is 2.45. The Kier molecular flexibility index (Phi) is 7.44. The predicted molar refractivity (Wildman–Crippen MR) is 123 cm³/mol. The van der Waals surface area contributed by atoms with E-state index in [4.69, 9.17) is 9.47 Å². The minimum Gasteiger partial charge on any atom is -0.462 e. The van der Waals surface area contributed by atoms with Crippen molar-refractivity contribution in [3.05, 3.63) is 0 Å². The topological polar surface area (TPSA) is 107 Å². The summed E-state index contributed by atoms with van der Waals surface area (Å²) in [7, 11) is -4.93. The number of esters is 2. The Hall–Kier alpha value is -1.15. The van der Waals surface area contributed by atoms with Crippen LogP contribution in [0.25, 0.3) is 0 Å². The van der Waals surface area contributed by atoms with Crippen LogP contribution in [0, 0.1) is 40.9 Å². The van der Waals surface area contributed by atoms with Crippen LogP contribution in [0.4, 0.5) is 0 Å². The molecular formula is C25H40O7S. The van der Waals surface area contributed by atoms with Crippen LogP contribution in [0.15, 0.2) is 0 Å². The fourth-order valence-electron chi connectivity index (χ4n) is 8.02. The van der Waals surface area contributed by atoms with E-state index in [9.17, 15) is 22.6 Å². The number of hydrogen-bond donors (Lipinski definition) is 1. The van der Waals surface area contributed by atoms with Crippen LogP contribution < -0.4 is 0 Å². The molecule has 0 spiro atoms. The van der Waals surface area contributed by atoms with E-state index in [1.165, 1.54) is 32.1 Å². The molecule has 4 aliphatic rings. The molecule has 6 atom stereocenters. The first-order valence-corrected chi connectivity index (χ1v) is 14.3. The second-order valence-electron chi connectivity index (χ2n) is 12.0. The molecule has 0 aromatic carbocycles. The first-order chi connectivity index (χ1) is 15.5. The molecule has 4 rings (SSSR count). The Bertz CT molecular complexity index is 818. The lowest BCUT2D eigenvalue weighted by Crippen LogP contribution is -2.41. The molecule has 4 saturated carbocycles. The lowest BCUT2D eigenvalue weighted by Gasteiger charge is -2.47. The first-order valence-electron chi connectivity index (χ1n) is 12.8. The van der Waals surface area contributed by atoms with E-state index in [1.54, 1.807) is 0 Å². The second kappa shape index (κ2) is 9.84. The Balaban J connectivity index is 1.33. The van der Waals surface area contributed by atoms with Crippen molar-refractivity contribution < 1.29 is 32.0 Å². The van der Waals surface area contributed by atoms with Gasteiger partial charge in [0.1, 0.15) is 0 Å². The maximum atomic E-state index is 12.7. The van der Waals surface area contributed by atoms with Crippen molar-refractivity contribution in [2.45, 2.75) is 96.3 Å². The van der Waals surface area contributed by atoms with Crippen LogP contribution in [-0.2, 0) is 29.2 Å². The predicted octanol–water partition coefficient (Wildman–Crippen LogP) is 4.75. The lowest BCUT2D eigenvalue weighted by molar-refractivity contribution is -0.166. The summed E-state index contributed by atoms with van der Waals surface area (Å²) in [5, 5.41) is 0. The number of carbonyl (C=O) groups is 2. The maximum absolute atomic E-state index is 12.7. The average molecular weight is 485 g/mol. The van der Waals surface area contributed by atoms with Gasteiger partial charge < -0.3 is 9.47 Å². The smallest absolute Gasteiger partial charge is 0.366 e. The summed E-state index contributed by atoms with van der Waals surface area (Å²) < 4.78 is 43.8. The maximum Gasteiger partial charge on any atom is 0.366 e. The zero-order chi connectivity index (χ0) is 23.8. The molecule has 6 unspecified atom stereocenters. The fourth-order valence-corrected chi connectivity index (χ4v) is 8.56. The molecule has 33 heavy (non-hydrogen) atoms. The molecule has 0 saturated heterocycles. The van der Waals surface area contributed by atoms with E-state index in [0.717, 1.165) is 44.4 Å². The van der Waals surface area contributed by atoms with Gasteiger partial charge in [0.15, 0.2) is 0 Å². The molecule has 0 radical (unpaired) electrons. The van der Waals surface area contributed by atoms with E-state index in [2.05, 4.69) is 13.8 Å². The van der Waals surface area contributed by atoms with Gasteiger partial charge in [-0.05, 0) is 98.7 Å². The molecule has 188 valence electrons. The van der Waals surface area contributed by atoms with E-state index in [1.807, 2.05) is 0 Å². The van der Waals surface area contributed by atoms with Crippen molar-refractivity contribution in [1.29, 1.82) is 0 Å². The Morgan fingerprint density at radius 2 is 1.64 bits per heavy atom. The molecule has 7 nitrogen and oxygen atoms in total. The Morgan fingerprint density at radius 3 is 2.30 bits per heavy atom. The zero-order valence-corrected chi connectivity index (χ0v) is 20.9. The first kappa shape index (κ1) is 25.0. The Labute approximate surface area is 198 Å². The van der Waals surface area contributed by atoms with Crippen LogP contribution in [0.5, 0.6) is 0 Å². The van der Waals surface area contributed by atoms with E-state index < -0.39 is 27.5 Å². The number of fused-ring (bicyclic) bond motifs is 4. The van der Waals surface area contributed by atoms with Crippen LogP contribution in [0.1, 0.15) is 90.9 Å². The summed E-state index contributed by atoms with van der Waals surface area (Å²) >= 11 is 0. The quantitative estimate of drug-likeness (QED) is 0.410. The third-order valence-electron chi connectivity index (χ3n) is 8.71. The van der Waals surface area contributed by atoms with Gasteiger partial charge in [0, 0.05) is 0 Å². The van der Waals surface area contributed by atoms with Gasteiger partial charge in [0.05, 0.1) is 13.0 Å². The minimum atomic E-state index is -4.93. The highest BCUT2D eigenvalue weighted by Crippen LogP contribution is 2.53. The van der Waals surface area contributed by atoms with Crippen molar-refractivity contribution in [1.82, 2.24) is 0 Å². The summed E-state index contributed by atoms with van der Waals surface area (Å²) in [6.45, 7) is 4.58.